The fourth-order valence-electron chi connectivity index (χ4n) is 4.80. The van der Waals surface area contributed by atoms with E-state index in [1.54, 1.807) is 0 Å². The number of likely N-dealkylation sites (tertiary alicyclic amines) is 1. The maximum Gasteiger partial charge on any atom is 0.410 e. The second kappa shape index (κ2) is 7.36. The number of carbonyl (C=O) groups is 1. The molecule has 0 bridgehead atoms. The largest absolute Gasteiger partial charge is 0.444 e. The van der Waals surface area contributed by atoms with Crippen LogP contribution in [0.15, 0.2) is 29.0 Å². The average molecular weight is 448 g/mol. The molecule has 6 heteroatoms. The number of rotatable bonds is 1. The number of fused-ring (bicyclic) bond motifs is 1. The number of aromatic nitrogens is 2. The standard InChI is InChI=1S/C22H30BrN3O2/c1-21(2,3)28-20(27)25-12-9-22(10-13-25)7-4-18(5-8-22)26-11-6-16-14-17(23)15-24-19(16)26/h6,11,14-15,18H,4-5,7-10,12-13H2,1-3H3. The second-order valence-corrected chi connectivity index (χ2v) is 10.4. The quantitative estimate of drug-likeness (QED) is 0.543. The highest BCUT2D eigenvalue weighted by Gasteiger charge is 2.40. The molecule has 2 aliphatic rings. The number of hydrogen-bond acceptors (Lipinski definition) is 3. The minimum Gasteiger partial charge on any atom is -0.444 e. The summed E-state index contributed by atoms with van der Waals surface area (Å²) in [6.45, 7) is 7.42. The Hall–Kier alpha value is -1.56. The Morgan fingerprint density at radius 1 is 1.21 bits per heavy atom. The summed E-state index contributed by atoms with van der Waals surface area (Å²) in [5, 5.41) is 1.19. The zero-order valence-electron chi connectivity index (χ0n) is 17.1. The van der Waals surface area contributed by atoms with Gasteiger partial charge in [0.1, 0.15) is 11.2 Å². The van der Waals surface area contributed by atoms with E-state index in [0.717, 1.165) is 36.1 Å². The van der Waals surface area contributed by atoms with E-state index in [-0.39, 0.29) is 6.09 Å². The molecule has 2 fully saturated rings. The number of amides is 1. The highest BCUT2D eigenvalue weighted by molar-refractivity contribution is 9.10. The van der Waals surface area contributed by atoms with Crippen molar-refractivity contribution >= 4 is 33.1 Å². The van der Waals surface area contributed by atoms with Crippen LogP contribution in [0.4, 0.5) is 4.79 Å². The lowest BCUT2D eigenvalue weighted by molar-refractivity contribution is 0.00198. The van der Waals surface area contributed by atoms with E-state index in [4.69, 9.17) is 4.74 Å². The Kier molecular flexibility index (Phi) is 5.19. The summed E-state index contributed by atoms with van der Waals surface area (Å²) < 4.78 is 8.93. The van der Waals surface area contributed by atoms with Crippen molar-refractivity contribution in [3.8, 4) is 0 Å². The van der Waals surface area contributed by atoms with Gasteiger partial charge in [-0.2, -0.15) is 0 Å². The monoisotopic (exact) mass is 447 g/mol. The predicted octanol–water partition coefficient (Wildman–Crippen LogP) is 5.93. The van der Waals surface area contributed by atoms with Crippen molar-refractivity contribution in [3.63, 3.8) is 0 Å². The van der Waals surface area contributed by atoms with Crippen LogP contribution in [0.1, 0.15) is 65.3 Å². The molecule has 0 N–H and O–H groups in total. The molecule has 1 aliphatic carbocycles. The van der Waals surface area contributed by atoms with E-state index in [9.17, 15) is 4.79 Å². The summed E-state index contributed by atoms with van der Waals surface area (Å²) >= 11 is 3.51. The molecule has 3 heterocycles. The third-order valence-electron chi connectivity index (χ3n) is 6.41. The van der Waals surface area contributed by atoms with Crippen LogP contribution in [0.3, 0.4) is 0 Å². The third kappa shape index (κ3) is 4.07. The normalized spacial score (nSPS) is 20.6. The summed E-state index contributed by atoms with van der Waals surface area (Å²) in [7, 11) is 0. The van der Waals surface area contributed by atoms with Gasteiger partial charge in [-0.1, -0.05) is 0 Å². The van der Waals surface area contributed by atoms with Crippen LogP contribution in [0, 0.1) is 5.41 Å². The molecule has 2 aromatic heterocycles. The van der Waals surface area contributed by atoms with Crippen LogP contribution in [-0.2, 0) is 4.74 Å². The first-order valence-electron chi connectivity index (χ1n) is 10.3. The molecular formula is C22H30BrN3O2. The minimum absolute atomic E-state index is 0.160. The van der Waals surface area contributed by atoms with Gasteiger partial charge in [-0.15, -0.1) is 0 Å². The highest BCUT2D eigenvalue weighted by atomic mass is 79.9. The lowest BCUT2D eigenvalue weighted by Gasteiger charge is -2.46. The van der Waals surface area contributed by atoms with E-state index in [0.29, 0.717) is 11.5 Å². The lowest BCUT2D eigenvalue weighted by atomic mass is 9.67. The summed E-state index contributed by atoms with van der Waals surface area (Å²) in [5.41, 5.74) is 1.06. The molecule has 0 aromatic carbocycles. The molecule has 1 amide bonds. The number of ether oxygens (including phenoxy) is 1. The first-order valence-corrected chi connectivity index (χ1v) is 11.1. The molecule has 152 valence electrons. The number of hydrogen-bond donors (Lipinski definition) is 0. The maximum atomic E-state index is 12.3. The Morgan fingerprint density at radius 2 is 1.89 bits per heavy atom. The van der Waals surface area contributed by atoms with Gasteiger partial charge >= 0.3 is 6.09 Å². The van der Waals surface area contributed by atoms with Gasteiger partial charge in [0, 0.05) is 41.4 Å². The van der Waals surface area contributed by atoms with Gasteiger partial charge in [-0.05, 0) is 92.8 Å². The van der Waals surface area contributed by atoms with Crippen LogP contribution in [-0.4, -0.2) is 39.2 Å². The Morgan fingerprint density at radius 3 is 2.54 bits per heavy atom. The first kappa shape index (κ1) is 19.7. The Labute approximate surface area is 175 Å². The highest BCUT2D eigenvalue weighted by Crippen LogP contribution is 2.48. The van der Waals surface area contributed by atoms with Gasteiger partial charge in [0.05, 0.1) is 0 Å². The van der Waals surface area contributed by atoms with Gasteiger partial charge in [-0.25, -0.2) is 9.78 Å². The summed E-state index contributed by atoms with van der Waals surface area (Å²) in [5.74, 6) is 0. The van der Waals surface area contributed by atoms with E-state index >= 15 is 0 Å². The van der Waals surface area contributed by atoms with Crippen molar-refractivity contribution in [2.45, 2.75) is 70.9 Å². The fourth-order valence-corrected chi connectivity index (χ4v) is 5.14. The molecule has 28 heavy (non-hydrogen) atoms. The van der Waals surface area contributed by atoms with Crippen molar-refractivity contribution < 1.29 is 9.53 Å². The van der Waals surface area contributed by atoms with Gasteiger partial charge in [-0.3, -0.25) is 0 Å². The van der Waals surface area contributed by atoms with Gasteiger partial charge < -0.3 is 14.2 Å². The minimum atomic E-state index is -0.423. The second-order valence-electron chi connectivity index (χ2n) is 9.49. The average Bonchev–Trinajstić information content (AvgIpc) is 3.04. The van der Waals surface area contributed by atoms with Crippen LogP contribution in [0.25, 0.3) is 11.0 Å². The smallest absolute Gasteiger partial charge is 0.410 e. The van der Waals surface area contributed by atoms with Crippen molar-refractivity contribution in [1.29, 1.82) is 0 Å². The summed E-state index contributed by atoms with van der Waals surface area (Å²) in [6, 6.07) is 4.83. The van der Waals surface area contributed by atoms with Crippen LogP contribution >= 0.6 is 15.9 Å². The molecule has 0 atom stereocenters. The van der Waals surface area contributed by atoms with Crippen LogP contribution in [0.5, 0.6) is 0 Å². The van der Waals surface area contributed by atoms with E-state index in [1.807, 2.05) is 31.9 Å². The van der Waals surface area contributed by atoms with Gasteiger partial charge in [0.25, 0.3) is 0 Å². The molecule has 1 saturated heterocycles. The first-order chi connectivity index (χ1) is 13.2. The van der Waals surface area contributed by atoms with Gasteiger partial charge in [0.15, 0.2) is 0 Å². The molecule has 1 aliphatic heterocycles. The fraction of sp³-hybridized carbons (Fsp3) is 0.636. The number of halogens is 1. The topological polar surface area (TPSA) is 47.4 Å². The number of piperidine rings is 1. The van der Waals surface area contributed by atoms with E-state index < -0.39 is 5.60 Å². The number of carbonyl (C=O) groups excluding carboxylic acids is 1. The maximum absolute atomic E-state index is 12.3. The Balaban J connectivity index is 1.36. The number of nitrogens with zero attached hydrogens (tertiary/aromatic N) is 3. The SMILES string of the molecule is CC(C)(C)OC(=O)N1CCC2(CCC(n3ccc4cc(Br)cnc43)CC2)CC1. The van der Waals surface area contributed by atoms with E-state index in [2.05, 4.69) is 43.8 Å². The van der Waals surface area contributed by atoms with Crippen molar-refractivity contribution in [2.75, 3.05) is 13.1 Å². The summed E-state index contributed by atoms with van der Waals surface area (Å²) in [4.78, 5) is 18.9. The van der Waals surface area contributed by atoms with Gasteiger partial charge in [0.2, 0.25) is 0 Å². The predicted molar refractivity (Wildman–Crippen MR) is 114 cm³/mol. The number of pyridine rings is 1. The Bertz CT molecular complexity index is 852. The molecule has 0 radical (unpaired) electrons. The molecule has 2 aromatic rings. The van der Waals surface area contributed by atoms with E-state index in [1.165, 1.54) is 31.1 Å². The zero-order valence-corrected chi connectivity index (χ0v) is 18.7. The molecule has 1 saturated carbocycles. The zero-order chi connectivity index (χ0) is 19.9. The lowest BCUT2D eigenvalue weighted by Crippen LogP contribution is -2.46. The molecule has 4 rings (SSSR count). The van der Waals surface area contributed by atoms with Crippen molar-refractivity contribution in [1.82, 2.24) is 14.5 Å². The third-order valence-corrected chi connectivity index (χ3v) is 6.84. The molecule has 1 spiro atoms. The molecule has 5 nitrogen and oxygen atoms in total. The van der Waals surface area contributed by atoms with Crippen molar-refractivity contribution in [2.24, 2.45) is 5.41 Å². The molecule has 0 unspecified atom stereocenters. The van der Waals surface area contributed by atoms with Crippen molar-refractivity contribution in [3.05, 3.63) is 29.0 Å². The van der Waals surface area contributed by atoms with Crippen LogP contribution in [0.2, 0.25) is 0 Å². The summed E-state index contributed by atoms with van der Waals surface area (Å²) in [6.07, 6.45) is 10.9. The molecular weight excluding hydrogens is 418 g/mol. The van der Waals surface area contributed by atoms with Crippen LogP contribution < -0.4 is 0 Å².